The van der Waals surface area contributed by atoms with Gasteiger partial charge in [-0.1, -0.05) is 6.07 Å². The maximum Gasteiger partial charge on any atom is 0.224 e. The predicted molar refractivity (Wildman–Crippen MR) is 95.9 cm³/mol. The first kappa shape index (κ1) is 18.1. The van der Waals surface area contributed by atoms with Gasteiger partial charge in [0.15, 0.2) is 17.2 Å². The van der Waals surface area contributed by atoms with Crippen molar-refractivity contribution in [3.05, 3.63) is 50.7 Å². The summed E-state index contributed by atoms with van der Waals surface area (Å²) in [5.74, 6) is -3.95. The van der Waals surface area contributed by atoms with Crippen LogP contribution in [0.4, 0.5) is 0 Å². The van der Waals surface area contributed by atoms with E-state index in [2.05, 4.69) is 0 Å². The molecule has 0 fully saturated rings. The summed E-state index contributed by atoms with van der Waals surface area (Å²) in [6.45, 7) is 2.96. The van der Waals surface area contributed by atoms with Gasteiger partial charge in [0.05, 0.1) is 0 Å². The summed E-state index contributed by atoms with van der Waals surface area (Å²) < 4.78 is 11.8. The van der Waals surface area contributed by atoms with Crippen molar-refractivity contribution in [3.8, 4) is 28.7 Å². The number of fused-ring (bicyclic) bond motifs is 6. The third kappa shape index (κ3) is 2.56. The molecular formula is C20H18O8. The van der Waals surface area contributed by atoms with E-state index in [4.69, 9.17) is 9.47 Å². The molecule has 0 saturated carbocycles. The van der Waals surface area contributed by atoms with Crippen LogP contribution in [0.25, 0.3) is 0 Å². The van der Waals surface area contributed by atoms with E-state index in [1.165, 1.54) is 19.1 Å². The van der Waals surface area contributed by atoms with Crippen LogP contribution in [0.2, 0.25) is 0 Å². The Morgan fingerprint density at radius 3 is 2.54 bits per heavy atom. The van der Waals surface area contributed by atoms with Gasteiger partial charge < -0.3 is 29.9 Å². The molecule has 0 aliphatic carbocycles. The van der Waals surface area contributed by atoms with Gasteiger partial charge in [0.1, 0.15) is 11.9 Å². The van der Waals surface area contributed by atoms with E-state index in [-0.39, 0.29) is 41.1 Å². The van der Waals surface area contributed by atoms with Crippen molar-refractivity contribution in [1.29, 1.82) is 0 Å². The van der Waals surface area contributed by atoms with Crippen molar-refractivity contribution in [2.24, 2.45) is 0 Å². The number of ether oxygens (including phenoxy) is 2. The number of Topliss-reactive ketones (excluding diaryl/α,β-unsaturated/α-hetero) is 1. The third-order valence-corrected chi connectivity index (χ3v) is 5.01. The summed E-state index contributed by atoms with van der Waals surface area (Å²) >= 11 is 0. The van der Waals surface area contributed by atoms with E-state index in [0.717, 1.165) is 6.07 Å². The number of hydrogen-bond donors (Lipinski definition) is 4. The van der Waals surface area contributed by atoms with E-state index in [0.29, 0.717) is 5.56 Å². The lowest BCUT2D eigenvalue weighted by atomic mass is 9.86. The van der Waals surface area contributed by atoms with Crippen LogP contribution in [0.1, 0.15) is 42.2 Å². The first-order valence-corrected chi connectivity index (χ1v) is 8.63. The molecule has 2 aliphatic rings. The van der Waals surface area contributed by atoms with Gasteiger partial charge in [-0.05, 0) is 24.6 Å². The fraction of sp³-hybridized carbons (Fsp3) is 0.300. The van der Waals surface area contributed by atoms with Crippen molar-refractivity contribution in [1.82, 2.24) is 0 Å². The van der Waals surface area contributed by atoms with Crippen molar-refractivity contribution in [2.75, 3.05) is 0 Å². The summed E-state index contributed by atoms with van der Waals surface area (Å²) in [6.07, 6.45) is -1.00. The van der Waals surface area contributed by atoms with Gasteiger partial charge in [-0.2, -0.15) is 0 Å². The highest BCUT2D eigenvalue weighted by Crippen LogP contribution is 2.55. The summed E-state index contributed by atoms with van der Waals surface area (Å²) in [5, 5.41) is 41.3. The van der Waals surface area contributed by atoms with Crippen LogP contribution in [0.15, 0.2) is 23.0 Å². The van der Waals surface area contributed by atoms with Crippen LogP contribution in [0, 0.1) is 0 Å². The molecule has 4 N–H and O–H groups in total. The Labute approximate surface area is 159 Å². The van der Waals surface area contributed by atoms with Crippen LogP contribution < -0.4 is 10.2 Å². The van der Waals surface area contributed by atoms with Gasteiger partial charge in [-0.15, -0.1) is 0 Å². The van der Waals surface area contributed by atoms with Crippen LogP contribution in [0.3, 0.4) is 0 Å². The molecule has 8 heteroatoms. The van der Waals surface area contributed by atoms with E-state index in [1.807, 2.05) is 0 Å². The molecule has 0 aromatic heterocycles. The fourth-order valence-corrected chi connectivity index (χ4v) is 3.80. The fourth-order valence-electron chi connectivity index (χ4n) is 3.80. The minimum Gasteiger partial charge on any atom is -0.504 e. The zero-order valence-electron chi connectivity index (χ0n) is 15.1. The van der Waals surface area contributed by atoms with Crippen molar-refractivity contribution < 1.29 is 34.7 Å². The number of aromatic hydroxyl groups is 4. The number of phenolic OH excluding ortho intramolecular Hbond substituents is 2. The molecule has 2 aromatic carbocycles. The van der Waals surface area contributed by atoms with Gasteiger partial charge in [-0.3, -0.25) is 9.59 Å². The molecule has 4 rings (SSSR count). The largest absolute Gasteiger partial charge is 0.504 e. The van der Waals surface area contributed by atoms with E-state index >= 15 is 0 Å². The number of ketones is 1. The van der Waals surface area contributed by atoms with Gasteiger partial charge >= 0.3 is 0 Å². The molecule has 2 aliphatic heterocycles. The van der Waals surface area contributed by atoms with Crippen LogP contribution in [-0.4, -0.2) is 32.0 Å². The molecule has 2 atom stereocenters. The highest BCUT2D eigenvalue weighted by atomic mass is 16.7. The number of rotatable bonds is 2. The van der Waals surface area contributed by atoms with Crippen LogP contribution in [0.5, 0.6) is 28.7 Å². The van der Waals surface area contributed by atoms with Gasteiger partial charge in [-0.25, -0.2) is 0 Å². The lowest BCUT2D eigenvalue weighted by molar-refractivity contribution is -0.216. The van der Waals surface area contributed by atoms with E-state index < -0.39 is 40.3 Å². The summed E-state index contributed by atoms with van der Waals surface area (Å²) in [5.41, 5.74) is 0.373. The zero-order valence-corrected chi connectivity index (χ0v) is 15.1. The zero-order chi connectivity index (χ0) is 20.4. The standard InChI is InChI=1S/C20H18O8/c1-8(21)5-10-6-11-18-13-9(3-4-12(22)15(24)16(13)25)7-20(2,27-18)28-19(11)17(26)14(10)23/h3-4,6,18,23,26H,5,7H2,1-2H3,(H2,22,24,25). The Bertz CT molecular complexity index is 1090. The Balaban J connectivity index is 2.03. The Kier molecular flexibility index (Phi) is 3.80. The quantitative estimate of drug-likeness (QED) is 0.574. The molecule has 2 aromatic rings. The van der Waals surface area contributed by atoms with Gasteiger partial charge in [0, 0.05) is 36.5 Å². The minimum absolute atomic E-state index is 0.0399. The average Bonchev–Trinajstić information content (AvgIpc) is 2.72. The Hall–Kier alpha value is -3.26. The smallest absolute Gasteiger partial charge is 0.224 e. The number of phenols is 2. The molecule has 8 nitrogen and oxygen atoms in total. The summed E-state index contributed by atoms with van der Waals surface area (Å²) in [6, 6.07) is 4.08. The van der Waals surface area contributed by atoms with E-state index in [1.54, 1.807) is 6.92 Å². The second kappa shape index (κ2) is 5.87. The van der Waals surface area contributed by atoms with Gasteiger partial charge in [0.25, 0.3) is 0 Å². The molecule has 2 heterocycles. The van der Waals surface area contributed by atoms with Crippen LogP contribution >= 0.6 is 0 Å². The van der Waals surface area contributed by atoms with Crippen molar-refractivity contribution >= 4 is 5.78 Å². The molecular weight excluding hydrogens is 368 g/mol. The molecule has 146 valence electrons. The van der Waals surface area contributed by atoms with Gasteiger partial charge in [0.2, 0.25) is 22.7 Å². The topological polar surface area (TPSA) is 134 Å². The van der Waals surface area contributed by atoms with Crippen LogP contribution in [-0.2, 0) is 22.4 Å². The number of hydrogen-bond acceptors (Lipinski definition) is 8. The number of benzene rings is 1. The Morgan fingerprint density at radius 2 is 1.86 bits per heavy atom. The highest BCUT2D eigenvalue weighted by molar-refractivity contribution is 5.80. The summed E-state index contributed by atoms with van der Waals surface area (Å²) in [4.78, 5) is 23.4. The maximum absolute atomic E-state index is 11.9. The predicted octanol–water partition coefficient (Wildman–Crippen LogP) is 1.77. The SMILES string of the molecule is CC(=O)Cc1cc2c(c(O)c1O)OC1(C)Cc3ccc(=O)c(O)c(O)c3C2O1. The first-order valence-electron chi connectivity index (χ1n) is 8.63. The average molecular weight is 386 g/mol. The molecule has 0 amide bonds. The number of carbonyl (C=O) groups is 1. The maximum atomic E-state index is 11.9. The summed E-state index contributed by atoms with van der Waals surface area (Å²) in [7, 11) is 0. The molecule has 2 unspecified atom stereocenters. The molecule has 0 saturated heterocycles. The third-order valence-electron chi connectivity index (χ3n) is 5.01. The molecule has 0 spiro atoms. The molecule has 28 heavy (non-hydrogen) atoms. The molecule has 0 radical (unpaired) electrons. The van der Waals surface area contributed by atoms with E-state index in [9.17, 15) is 30.0 Å². The monoisotopic (exact) mass is 386 g/mol. The molecule has 2 bridgehead atoms. The lowest BCUT2D eigenvalue weighted by Gasteiger charge is -2.44. The second-order valence-corrected chi connectivity index (χ2v) is 7.27. The van der Waals surface area contributed by atoms with Crippen molar-refractivity contribution in [2.45, 2.75) is 38.6 Å². The highest BCUT2D eigenvalue weighted by Gasteiger charge is 2.47. The normalized spacial score (nSPS) is 22.0. The Morgan fingerprint density at radius 1 is 1.14 bits per heavy atom. The number of carbonyl (C=O) groups excluding carboxylic acids is 1. The lowest BCUT2D eigenvalue weighted by Crippen LogP contribution is -2.46. The minimum atomic E-state index is -1.24. The first-order chi connectivity index (χ1) is 13.1. The second-order valence-electron chi connectivity index (χ2n) is 7.27. The van der Waals surface area contributed by atoms with Crippen molar-refractivity contribution in [3.63, 3.8) is 0 Å².